The number of para-hydroxylation sites is 1. The molecule has 0 aliphatic heterocycles. The number of nitrogens with zero attached hydrogens (tertiary/aromatic N) is 2. The van der Waals surface area contributed by atoms with E-state index in [4.69, 9.17) is 0 Å². The van der Waals surface area contributed by atoms with E-state index in [1.807, 2.05) is 25.2 Å². The Morgan fingerprint density at radius 2 is 2.00 bits per heavy atom. The number of rotatable bonds is 1. The first kappa shape index (κ1) is 9.09. The maximum Gasteiger partial charge on any atom is 0.168 e. The summed E-state index contributed by atoms with van der Waals surface area (Å²) >= 11 is 0. The molecule has 0 aliphatic carbocycles. The van der Waals surface area contributed by atoms with Gasteiger partial charge in [-0.2, -0.15) is 0 Å². The second-order valence-electron chi connectivity index (χ2n) is 3.82. The van der Waals surface area contributed by atoms with Gasteiger partial charge in [0.15, 0.2) is 6.29 Å². The molecule has 78 valence electrons. The molecular weight excluding hydrogens is 200 g/mol. The van der Waals surface area contributed by atoms with Gasteiger partial charge in [-0.1, -0.05) is 18.2 Å². The third-order valence-corrected chi connectivity index (χ3v) is 2.94. The van der Waals surface area contributed by atoms with Crippen LogP contribution in [0.3, 0.4) is 0 Å². The van der Waals surface area contributed by atoms with Gasteiger partial charge in [0.1, 0.15) is 5.69 Å². The van der Waals surface area contributed by atoms with E-state index < -0.39 is 0 Å². The van der Waals surface area contributed by atoms with Crippen LogP contribution in [0.1, 0.15) is 10.5 Å². The molecule has 3 rings (SSSR count). The van der Waals surface area contributed by atoms with Crippen LogP contribution in [-0.4, -0.2) is 15.8 Å². The normalized spacial score (nSPS) is 11.1. The van der Waals surface area contributed by atoms with Crippen molar-refractivity contribution in [1.29, 1.82) is 0 Å². The van der Waals surface area contributed by atoms with Crippen LogP contribution < -0.4 is 0 Å². The van der Waals surface area contributed by atoms with Gasteiger partial charge in [0.2, 0.25) is 0 Å². The minimum Gasteiger partial charge on any atom is -0.342 e. The summed E-state index contributed by atoms with van der Waals surface area (Å²) in [6.07, 6.45) is 2.53. The van der Waals surface area contributed by atoms with E-state index in [0.717, 1.165) is 28.1 Å². The van der Waals surface area contributed by atoms with Crippen molar-refractivity contribution in [2.24, 2.45) is 7.05 Å². The van der Waals surface area contributed by atoms with Crippen molar-refractivity contribution in [2.45, 2.75) is 0 Å². The third-order valence-electron chi connectivity index (χ3n) is 2.94. The van der Waals surface area contributed by atoms with Crippen LogP contribution in [0.25, 0.3) is 21.8 Å². The highest BCUT2D eigenvalue weighted by molar-refractivity contribution is 6.08. The van der Waals surface area contributed by atoms with Crippen LogP contribution in [0.4, 0.5) is 0 Å². The van der Waals surface area contributed by atoms with Crippen LogP contribution in [0.5, 0.6) is 0 Å². The lowest BCUT2D eigenvalue weighted by molar-refractivity contribution is 0.111. The summed E-state index contributed by atoms with van der Waals surface area (Å²) in [5, 5.41) is 2.24. The zero-order valence-corrected chi connectivity index (χ0v) is 8.84. The van der Waals surface area contributed by atoms with E-state index >= 15 is 0 Å². The molecule has 0 saturated carbocycles. The zero-order valence-electron chi connectivity index (χ0n) is 8.84. The highest BCUT2D eigenvalue weighted by Gasteiger charge is 2.08. The fraction of sp³-hybridized carbons (Fsp3) is 0.0769. The van der Waals surface area contributed by atoms with Crippen molar-refractivity contribution >= 4 is 28.1 Å². The second-order valence-corrected chi connectivity index (χ2v) is 3.82. The van der Waals surface area contributed by atoms with Gasteiger partial charge in [-0.15, -0.1) is 0 Å². The molecule has 1 aromatic carbocycles. The Morgan fingerprint density at radius 1 is 1.19 bits per heavy atom. The average Bonchev–Trinajstić information content (AvgIpc) is 2.64. The number of benzene rings is 1. The molecule has 16 heavy (non-hydrogen) atoms. The fourth-order valence-corrected chi connectivity index (χ4v) is 2.14. The molecule has 3 nitrogen and oxygen atoms in total. The fourth-order valence-electron chi connectivity index (χ4n) is 2.14. The highest BCUT2D eigenvalue weighted by Crippen LogP contribution is 2.27. The lowest BCUT2D eigenvalue weighted by atomic mass is 10.2. The summed E-state index contributed by atoms with van der Waals surface area (Å²) in [7, 11) is 2.01. The van der Waals surface area contributed by atoms with Gasteiger partial charge in [-0.3, -0.25) is 9.78 Å². The van der Waals surface area contributed by atoms with Crippen molar-refractivity contribution in [1.82, 2.24) is 9.55 Å². The Morgan fingerprint density at radius 3 is 2.81 bits per heavy atom. The summed E-state index contributed by atoms with van der Waals surface area (Å²) < 4.78 is 2.09. The molecule has 0 radical (unpaired) electrons. The molecule has 2 aromatic heterocycles. The van der Waals surface area contributed by atoms with Crippen LogP contribution in [-0.2, 0) is 7.05 Å². The molecule has 3 heteroatoms. The predicted octanol–water partition coefficient (Wildman–Crippen LogP) is 2.54. The van der Waals surface area contributed by atoms with Crippen molar-refractivity contribution in [3.05, 3.63) is 42.2 Å². The minimum absolute atomic E-state index is 0.476. The number of fused-ring (bicyclic) bond motifs is 3. The Bertz CT molecular complexity index is 698. The monoisotopic (exact) mass is 210 g/mol. The third kappa shape index (κ3) is 1.08. The van der Waals surface area contributed by atoms with Gasteiger partial charge < -0.3 is 4.57 Å². The largest absolute Gasteiger partial charge is 0.342 e. The SMILES string of the molecule is Cn1c2ccccc2c2cc(C=O)ncc21. The maximum absolute atomic E-state index is 10.7. The Balaban J connectivity index is 2.57. The van der Waals surface area contributed by atoms with E-state index in [-0.39, 0.29) is 0 Å². The van der Waals surface area contributed by atoms with Gasteiger partial charge in [0.05, 0.1) is 11.7 Å². The Hall–Kier alpha value is -2.16. The van der Waals surface area contributed by atoms with E-state index in [1.165, 1.54) is 0 Å². The number of aryl methyl sites for hydroxylation is 1. The van der Waals surface area contributed by atoms with Crippen LogP contribution in [0.2, 0.25) is 0 Å². The van der Waals surface area contributed by atoms with Crippen molar-refractivity contribution in [2.75, 3.05) is 0 Å². The molecular formula is C13H10N2O. The number of carbonyl (C=O) groups excluding carboxylic acids is 1. The van der Waals surface area contributed by atoms with E-state index in [2.05, 4.69) is 21.7 Å². The highest BCUT2D eigenvalue weighted by atomic mass is 16.1. The number of hydrogen-bond acceptors (Lipinski definition) is 2. The predicted molar refractivity (Wildman–Crippen MR) is 63.6 cm³/mol. The topological polar surface area (TPSA) is 34.9 Å². The Labute approximate surface area is 92.3 Å². The van der Waals surface area contributed by atoms with Crippen LogP contribution in [0, 0.1) is 0 Å². The first-order chi connectivity index (χ1) is 7.81. The smallest absolute Gasteiger partial charge is 0.168 e. The molecule has 0 spiro atoms. The molecule has 0 aliphatic rings. The van der Waals surface area contributed by atoms with Crippen molar-refractivity contribution in [3.8, 4) is 0 Å². The van der Waals surface area contributed by atoms with Gasteiger partial charge in [-0.05, 0) is 12.1 Å². The number of pyridine rings is 1. The Kier molecular flexibility index (Phi) is 1.80. The number of carbonyl (C=O) groups is 1. The standard InChI is InChI=1S/C13H10N2O/c1-15-12-5-3-2-4-10(12)11-6-9(8-16)14-7-13(11)15/h2-8H,1H3. The molecule has 0 fully saturated rings. The number of aromatic nitrogens is 2. The number of aldehydes is 1. The lowest BCUT2D eigenvalue weighted by Gasteiger charge is -1.96. The molecule has 2 heterocycles. The van der Waals surface area contributed by atoms with Crippen LogP contribution >= 0.6 is 0 Å². The van der Waals surface area contributed by atoms with Crippen molar-refractivity contribution < 1.29 is 4.79 Å². The summed E-state index contributed by atoms with van der Waals surface area (Å²) in [6.45, 7) is 0. The molecule has 0 unspecified atom stereocenters. The van der Waals surface area contributed by atoms with Gasteiger partial charge in [0, 0.05) is 23.3 Å². The first-order valence-corrected chi connectivity index (χ1v) is 5.09. The molecule has 0 amide bonds. The van der Waals surface area contributed by atoms with Gasteiger partial charge in [-0.25, -0.2) is 0 Å². The molecule has 3 aromatic rings. The van der Waals surface area contributed by atoms with Crippen molar-refractivity contribution in [3.63, 3.8) is 0 Å². The summed E-state index contributed by atoms with van der Waals surface area (Å²) in [5.74, 6) is 0. The lowest BCUT2D eigenvalue weighted by Crippen LogP contribution is -1.89. The van der Waals surface area contributed by atoms with Crippen LogP contribution in [0.15, 0.2) is 36.5 Å². The van der Waals surface area contributed by atoms with Gasteiger partial charge in [0.25, 0.3) is 0 Å². The summed E-state index contributed by atoms with van der Waals surface area (Å²) in [6, 6.07) is 9.98. The average molecular weight is 210 g/mol. The molecule has 0 atom stereocenters. The first-order valence-electron chi connectivity index (χ1n) is 5.09. The molecule has 0 N–H and O–H groups in total. The minimum atomic E-state index is 0.476. The van der Waals surface area contributed by atoms with E-state index in [0.29, 0.717) is 5.69 Å². The molecule has 0 bridgehead atoms. The zero-order chi connectivity index (χ0) is 11.1. The quantitative estimate of drug-likeness (QED) is 0.578. The summed E-state index contributed by atoms with van der Waals surface area (Å²) in [4.78, 5) is 14.8. The maximum atomic E-state index is 10.7. The molecule has 0 saturated heterocycles. The summed E-state index contributed by atoms with van der Waals surface area (Å²) in [5.41, 5.74) is 2.68. The number of hydrogen-bond donors (Lipinski definition) is 0. The van der Waals surface area contributed by atoms with Gasteiger partial charge >= 0.3 is 0 Å². The van der Waals surface area contributed by atoms with E-state index in [1.54, 1.807) is 6.20 Å². The van der Waals surface area contributed by atoms with E-state index in [9.17, 15) is 4.79 Å². The second kappa shape index (κ2) is 3.17.